The van der Waals surface area contributed by atoms with Crippen molar-refractivity contribution in [2.24, 2.45) is 0 Å². The zero-order chi connectivity index (χ0) is 14.1. The summed E-state index contributed by atoms with van der Waals surface area (Å²) in [5.41, 5.74) is 2.87. The maximum atomic E-state index is 3.61. The lowest BCUT2D eigenvalue weighted by atomic mass is 10.0. The number of hydrogen-bond acceptors (Lipinski definition) is 2. The first-order chi connectivity index (χ1) is 9.17. The van der Waals surface area contributed by atoms with Crippen LogP contribution in [0, 0.1) is 0 Å². The Morgan fingerprint density at radius 3 is 2.42 bits per heavy atom. The number of aryl methyl sites for hydroxylation is 1. The molecular weight excluding hydrogens is 250 g/mol. The summed E-state index contributed by atoms with van der Waals surface area (Å²) in [7, 11) is 0. The third-order valence-electron chi connectivity index (χ3n) is 3.70. The van der Waals surface area contributed by atoms with E-state index in [2.05, 4.69) is 56.6 Å². The first kappa shape index (κ1) is 16.6. The largest absolute Gasteiger partial charge is 0.310 e. The molecule has 0 radical (unpaired) electrons. The smallest absolute Gasteiger partial charge is 0.0291 e. The summed E-state index contributed by atoms with van der Waals surface area (Å²) in [5, 5.41) is 4.36. The highest BCUT2D eigenvalue weighted by atomic mass is 32.2. The van der Waals surface area contributed by atoms with E-state index in [1.54, 1.807) is 0 Å². The Morgan fingerprint density at radius 2 is 1.84 bits per heavy atom. The highest BCUT2D eigenvalue weighted by molar-refractivity contribution is 7.99. The number of thioether (sulfide) groups is 1. The molecule has 0 amide bonds. The highest BCUT2D eigenvalue weighted by Gasteiger charge is 2.05. The monoisotopic (exact) mass is 279 g/mol. The Bertz CT molecular complexity index is 334. The molecule has 1 N–H and O–H groups in total. The van der Waals surface area contributed by atoms with Gasteiger partial charge in [-0.3, -0.25) is 0 Å². The molecule has 0 bridgehead atoms. The molecule has 2 heteroatoms. The van der Waals surface area contributed by atoms with Crippen LogP contribution in [0.4, 0.5) is 0 Å². The summed E-state index contributed by atoms with van der Waals surface area (Å²) in [6.07, 6.45) is 7.19. The molecule has 1 aromatic rings. The van der Waals surface area contributed by atoms with Gasteiger partial charge in [-0.15, -0.1) is 0 Å². The van der Waals surface area contributed by atoms with Gasteiger partial charge in [0.25, 0.3) is 0 Å². The van der Waals surface area contributed by atoms with Crippen molar-refractivity contribution in [3.63, 3.8) is 0 Å². The summed E-state index contributed by atoms with van der Waals surface area (Å²) >= 11 is 1.94. The number of unbranched alkanes of at least 4 members (excludes halogenated alkanes) is 1. The van der Waals surface area contributed by atoms with Gasteiger partial charge in [0.15, 0.2) is 0 Å². The van der Waals surface area contributed by atoms with E-state index in [4.69, 9.17) is 0 Å². The van der Waals surface area contributed by atoms with E-state index in [9.17, 15) is 0 Å². The summed E-state index contributed by atoms with van der Waals surface area (Å²) < 4.78 is 0. The molecule has 108 valence electrons. The van der Waals surface area contributed by atoms with Gasteiger partial charge >= 0.3 is 0 Å². The molecule has 0 aliphatic heterocycles. The number of rotatable bonds is 9. The molecule has 0 fully saturated rings. The van der Waals surface area contributed by atoms with E-state index < -0.39 is 0 Å². The number of hydrogen-bond donors (Lipinski definition) is 1. The molecule has 0 saturated heterocycles. The quantitative estimate of drug-likeness (QED) is 0.695. The number of benzene rings is 1. The maximum Gasteiger partial charge on any atom is 0.0291 e. The van der Waals surface area contributed by atoms with Crippen LogP contribution in [-0.4, -0.2) is 18.1 Å². The van der Waals surface area contributed by atoms with Crippen LogP contribution in [0.5, 0.6) is 0 Å². The minimum Gasteiger partial charge on any atom is -0.310 e. The fourth-order valence-corrected chi connectivity index (χ4v) is 2.45. The van der Waals surface area contributed by atoms with Crippen LogP contribution in [0.2, 0.25) is 0 Å². The lowest BCUT2D eigenvalue weighted by Gasteiger charge is -2.16. The lowest BCUT2D eigenvalue weighted by Crippen LogP contribution is -2.21. The molecule has 0 aromatic heterocycles. The predicted octanol–water partition coefficient (Wildman–Crippen LogP) is 4.82. The number of nitrogens with one attached hydrogen (secondary N) is 1. The Balaban J connectivity index is 2.37. The van der Waals surface area contributed by atoms with Crippen LogP contribution in [0.3, 0.4) is 0 Å². The van der Waals surface area contributed by atoms with E-state index in [0.717, 1.165) is 11.8 Å². The Hall–Kier alpha value is -0.470. The molecule has 0 saturated carbocycles. The molecule has 1 nitrogen and oxygen atoms in total. The first-order valence-corrected chi connectivity index (χ1v) is 8.81. The van der Waals surface area contributed by atoms with Crippen LogP contribution >= 0.6 is 11.8 Å². The highest BCUT2D eigenvalue weighted by Crippen LogP contribution is 2.15. The summed E-state index contributed by atoms with van der Waals surface area (Å²) in [6.45, 7) is 7.89. The molecule has 0 heterocycles. The van der Waals surface area contributed by atoms with E-state index in [1.165, 1.54) is 36.8 Å². The van der Waals surface area contributed by atoms with E-state index in [0.29, 0.717) is 6.04 Å². The van der Waals surface area contributed by atoms with Gasteiger partial charge in [-0.05, 0) is 50.1 Å². The van der Waals surface area contributed by atoms with Gasteiger partial charge in [0.05, 0.1) is 0 Å². The van der Waals surface area contributed by atoms with Crippen molar-refractivity contribution in [3.05, 3.63) is 35.4 Å². The maximum absolute atomic E-state index is 3.61. The van der Waals surface area contributed by atoms with Gasteiger partial charge in [-0.25, -0.2) is 0 Å². The molecule has 2 unspecified atom stereocenters. The van der Waals surface area contributed by atoms with Crippen LogP contribution in [0.15, 0.2) is 24.3 Å². The normalized spacial score (nSPS) is 14.3. The Kier molecular flexibility index (Phi) is 8.24. The molecule has 0 spiro atoms. The average Bonchev–Trinajstić information content (AvgIpc) is 2.45. The van der Waals surface area contributed by atoms with E-state index >= 15 is 0 Å². The molecule has 2 atom stereocenters. The van der Waals surface area contributed by atoms with Crippen LogP contribution in [0.1, 0.15) is 57.2 Å². The topological polar surface area (TPSA) is 12.0 Å². The third-order valence-corrected chi connectivity index (χ3v) is 4.74. The minimum absolute atomic E-state index is 0.453. The van der Waals surface area contributed by atoms with Gasteiger partial charge in [0, 0.05) is 11.3 Å². The lowest BCUT2D eigenvalue weighted by molar-refractivity contribution is 0.558. The van der Waals surface area contributed by atoms with Crippen molar-refractivity contribution in [2.45, 2.75) is 57.7 Å². The molecule has 1 aromatic carbocycles. The standard InChI is InChI=1S/C17H29NS/c1-5-6-7-16-8-10-17(11-9-16)15(3)18-13-12-14(2)19-4/h8-11,14-15,18H,5-7,12-13H2,1-4H3. The second kappa shape index (κ2) is 9.44. The first-order valence-electron chi connectivity index (χ1n) is 7.52. The van der Waals surface area contributed by atoms with Crippen LogP contribution in [-0.2, 0) is 6.42 Å². The van der Waals surface area contributed by atoms with Crippen molar-refractivity contribution in [2.75, 3.05) is 12.8 Å². The van der Waals surface area contributed by atoms with Crippen molar-refractivity contribution in [1.29, 1.82) is 0 Å². The SMILES string of the molecule is CCCCc1ccc(C(C)NCCC(C)SC)cc1. The third kappa shape index (κ3) is 6.49. The second-order valence-electron chi connectivity index (χ2n) is 5.36. The Morgan fingerprint density at radius 1 is 1.16 bits per heavy atom. The minimum atomic E-state index is 0.453. The summed E-state index contributed by atoms with van der Waals surface area (Å²) in [4.78, 5) is 0. The van der Waals surface area contributed by atoms with Gasteiger partial charge in [-0.2, -0.15) is 11.8 Å². The van der Waals surface area contributed by atoms with Gasteiger partial charge < -0.3 is 5.32 Å². The molecule has 0 aliphatic rings. The Labute approximate surface area is 123 Å². The second-order valence-corrected chi connectivity index (χ2v) is 6.63. The van der Waals surface area contributed by atoms with Gasteiger partial charge in [0.1, 0.15) is 0 Å². The average molecular weight is 279 g/mol. The molecule has 0 aliphatic carbocycles. The zero-order valence-corrected chi connectivity index (χ0v) is 13.7. The molecule has 1 rings (SSSR count). The fraction of sp³-hybridized carbons (Fsp3) is 0.647. The van der Waals surface area contributed by atoms with Crippen LogP contribution < -0.4 is 5.32 Å². The zero-order valence-electron chi connectivity index (χ0n) is 12.9. The summed E-state index contributed by atoms with van der Waals surface area (Å²) in [5.74, 6) is 0. The predicted molar refractivity (Wildman–Crippen MR) is 89.1 cm³/mol. The van der Waals surface area contributed by atoms with E-state index in [1.807, 2.05) is 11.8 Å². The van der Waals surface area contributed by atoms with Gasteiger partial charge in [0.2, 0.25) is 0 Å². The van der Waals surface area contributed by atoms with Crippen molar-refractivity contribution in [1.82, 2.24) is 5.32 Å². The van der Waals surface area contributed by atoms with Crippen LogP contribution in [0.25, 0.3) is 0 Å². The van der Waals surface area contributed by atoms with Crippen molar-refractivity contribution in [3.8, 4) is 0 Å². The van der Waals surface area contributed by atoms with Crippen molar-refractivity contribution < 1.29 is 0 Å². The molecule has 19 heavy (non-hydrogen) atoms. The van der Waals surface area contributed by atoms with Gasteiger partial charge in [-0.1, -0.05) is 44.5 Å². The molecular formula is C17H29NS. The fourth-order valence-electron chi connectivity index (χ4n) is 2.09. The van der Waals surface area contributed by atoms with E-state index in [-0.39, 0.29) is 0 Å². The van der Waals surface area contributed by atoms with Crippen molar-refractivity contribution >= 4 is 11.8 Å². The summed E-state index contributed by atoms with van der Waals surface area (Å²) in [6, 6.07) is 9.58.